The van der Waals surface area contributed by atoms with Crippen molar-refractivity contribution in [3.8, 4) is 0 Å². The number of carbonyl (C=O) groups is 1. The van der Waals surface area contributed by atoms with Gasteiger partial charge in [-0.1, -0.05) is 18.2 Å². The summed E-state index contributed by atoms with van der Waals surface area (Å²) < 4.78 is 13.6. The van der Waals surface area contributed by atoms with E-state index in [-0.39, 0.29) is 11.5 Å². The fraction of sp³-hybridized carbons (Fsp3) is 0.214. The van der Waals surface area contributed by atoms with Gasteiger partial charge in [-0.3, -0.25) is 4.79 Å². The van der Waals surface area contributed by atoms with Crippen molar-refractivity contribution >= 4 is 5.91 Å². The van der Waals surface area contributed by atoms with Crippen molar-refractivity contribution in [1.29, 1.82) is 0 Å². The number of amides is 1. The maximum Gasteiger partial charge on any atom is 0.257 e. The molecule has 90 valence electrons. The molecule has 1 amide bonds. The number of halogens is 1. The van der Waals surface area contributed by atoms with Gasteiger partial charge in [0, 0.05) is 13.1 Å². The summed E-state index contributed by atoms with van der Waals surface area (Å²) in [6.45, 7) is 9.67. The minimum Gasteiger partial charge on any atom is -0.331 e. The average Bonchev–Trinajstić information content (AvgIpc) is 2.28. The first-order valence-corrected chi connectivity index (χ1v) is 5.37. The molecule has 0 aliphatic heterocycles. The molecule has 0 N–H and O–H groups in total. The first-order chi connectivity index (χ1) is 8.10. The Morgan fingerprint density at radius 1 is 1.35 bits per heavy atom. The molecular formula is C14H16FNO. The van der Waals surface area contributed by atoms with Crippen LogP contribution in [-0.4, -0.2) is 23.9 Å². The van der Waals surface area contributed by atoms with Gasteiger partial charge in [0.05, 0.1) is 5.56 Å². The number of carbonyl (C=O) groups excluding carboxylic acids is 1. The number of nitrogens with zero attached hydrogens (tertiary/aromatic N) is 1. The maximum atomic E-state index is 13.6. The lowest BCUT2D eigenvalue weighted by Gasteiger charge is -2.19. The summed E-state index contributed by atoms with van der Waals surface area (Å²) in [4.78, 5) is 13.5. The number of hydrogen-bond acceptors (Lipinski definition) is 1. The van der Waals surface area contributed by atoms with Crippen LogP contribution in [0.2, 0.25) is 0 Å². The first-order valence-electron chi connectivity index (χ1n) is 5.37. The lowest BCUT2D eigenvalue weighted by atomic mass is 10.1. The molecular weight excluding hydrogens is 217 g/mol. The Labute approximate surface area is 101 Å². The summed E-state index contributed by atoms with van der Waals surface area (Å²) >= 11 is 0. The largest absolute Gasteiger partial charge is 0.331 e. The van der Waals surface area contributed by atoms with E-state index in [0.29, 0.717) is 13.1 Å². The van der Waals surface area contributed by atoms with E-state index in [9.17, 15) is 9.18 Å². The monoisotopic (exact) mass is 233 g/mol. The Morgan fingerprint density at radius 3 is 2.41 bits per heavy atom. The van der Waals surface area contributed by atoms with Gasteiger partial charge in [-0.15, -0.1) is 13.2 Å². The molecule has 0 spiro atoms. The predicted octanol–water partition coefficient (Wildman–Crippen LogP) is 2.95. The second kappa shape index (κ2) is 5.99. The van der Waals surface area contributed by atoms with Crippen molar-refractivity contribution in [3.63, 3.8) is 0 Å². The quantitative estimate of drug-likeness (QED) is 0.716. The Balaban J connectivity index is 2.99. The van der Waals surface area contributed by atoms with Gasteiger partial charge in [-0.05, 0) is 24.6 Å². The van der Waals surface area contributed by atoms with Crippen LogP contribution < -0.4 is 0 Å². The lowest BCUT2D eigenvalue weighted by molar-refractivity contribution is 0.0786. The van der Waals surface area contributed by atoms with Crippen molar-refractivity contribution in [2.45, 2.75) is 6.92 Å². The van der Waals surface area contributed by atoms with Gasteiger partial charge in [0.2, 0.25) is 0 Å². The third-order valence-corrected chi connectivity index (χ3v) is 2.34. The second-order valence-electron chi connectivity index (χ2n) is 3.77. The van der Waals surface area contributed by atoms with Crippen LogP contribution in [-0.2, 0) is 0 Å². The van der Waals surface area contributed by atoms with Gasteiger partial charge in [-0.2, -0.15) is 0 Å². The number of rotatable bonds is 5. The molecule has 0 bridgehead atoms. The highest BCUT2D eigenvalue weighted by Crippen LogP contribution is 2.12. The van der Waals surface area contributed by atoms with E-state index in [2.05, 4.69) is 13.2 Å². The molecule has 2 nitrogen and oxygen atoms in total. The van der Waals surface area contributed by atoms with Crippen LogP contribution in [0, 0.1) is 12.7 Å². The zero-order valence-electron chi connectivity index (χ0n) is 9.95. The lowest BCUT2D eigenvalue weighted by Crippen LogP contribution is -2.31. The molecule has 1 aromatic carbocycles. The molecule has 0 saturated carbocycles. The second-order valence-corrected chi connectivity index (χ2v) is 3.77. The Kier molecular flexibility index (Phi) is 4.64. The minimum atomic E-state index is -0.492. The van der Waals surface area contributed by atoms with Gasteiger partial charge < -0.3 is 4.90 Å². The molecule has 0 radical (unpaired) electrons. The Hall–Kier alpha value is -1.90. The van der Waals surface area contributed by atoms with Gasteiger partial charge in [0.15, 0.2) is 0 Å². The standard InChI is InChI=1S/C14H16FNO/c1-4-8-16(9-5-2)14(17)12-7-6-11(3)10-13(12)15/h4-7,10H,1-2,8-9H2,3H3. The summed E-state index contributed by atoms with van der Waals surface area (Å²) in [7, 11) is 0. The van der Waals surface area contributed by atoms with Crippen LogP contribution in [0.15, 0.2) is 43.5 Å². The van der Waals surface area contributed by atoms with Crippen LogP contribution in [0.5, 0.6) is 0 Å². The molecule has 0 unspecified atom stereocenters. The predicted molar refractivity (Wildman–Crippen MR) is 67.4 cm³/mol. The third kappa shape index (κ3) is 3.28. The molecule has 3 heteroatoms. The highest BCUT2D eigenvalue weighted by Gasteiger charge is 2.17. The number of aryl methyl sites for hydroxylation is 1. The highest BCUT2D eigenvalue weighted by atomic mass is 19.1. The van der Waals surface area contributed by atoms with Crippen molar-refractivity contribution < 1.29 is 9.18 Å². The molecule has 0 heterocycles. The molecule has 1 rings (SSSR count). The molecule has 0 fully saturated rings. The van der Waals surface area contributed by atoms with E-state index in [4.69, 9.17) is 0 Å². The fourth-order valence-electron chi connectivity index (χ4n) is 1.52. The van der Waals surface area contributed by atoms with Crippen molar-refractivity contribution in [2.24, 2.45) is 0 Å². The summed E-state index contributed by atoms with van der Waals surface area (Å²) in [5.41, 5.74) is 0.873. The zero-order chi connectivity index (χ0) is 12.8. The van der Waals surface area contributed by atoms with Crippen LogP contribution in [0.4, 0.5) is 4.39 Å². The molecule has 0 saturated heterocycles. The van der Waals surface area contributed by atoms with E-state index in [1.165, 1.54) is 17.0 Å². The zero-order valence-corrected chi connectivity index (χ0v) is 9.95. The third-order valence-electron chi connectivity index (χ3n) is 2.34. The van der Waals surface area contributed by atoms with Gasteiger partial charge >= 0.3 is 0 Å². The molecule has 0 atom stereocenters. The van der Waals surface area contributed by atoms with Gasteiger partial charge in [0.1, 0.15) is 5.82 Å². The van der Waals surface area contributed by atoms with Crippen molar-refractivity contribution in [3.05, 3.63) is 60.5 Å². The van der Waals surface area contributed by atoms with Crippen LogP contribution in [0.3, 0.4) is 0 Å². The van der Waals surface area contributed by atoms with Gasteiger partial charge in [-0.25, -0.2) is 4.39 Å². The highest BCUT2D eigenvalue weighted by molar-refractivity contribution is 5.94. The van der Waals surface area contributed by atoms with E-state index < -0.39 is 5.82 Å². The normalized spacial score (nSPS) is 9.76. The van der Waals surface area contributed by atoms with Crippen LogP contribution in [0.25, 0.3) is 0 Å². The number of benzene rings is 1. The fourth-order valence-corrected chi connectivity index (χ4v) is 1.52. The molecule has 17 heavy (non-hydrogen) atoms. The molecule has 1 aromatic rings. The summed E-state index contributed by atoms with van der Waals surface area (Å²) in [6, 6.07) is 4.58. The average molecular weight is 233 g/mol. The first kappa shape index (κ1) is 13.2. The maximum absolute atomic E-state index is 13.6. The molecule has 0 aliphatic carbocycles. The van der Waals surface area contributed by atoms with Crippen molar-refractivity contribution in [2.75, 3.05) is 13.1 Å². The topological polar surface area (TPSA) is 20.3 Å². The van der Waals surface area contributed by atoms with Crippen LogP contribution >= 0.6 is 0 Å². The van der Waals surface area contributed by atoms with E-state index in [1.807, 2.05) is 0 Å². The Morgan fingerprint density at radius 2 is 1.94 bits per heavy atom. The molecule has 0 aromatic heterocycles. The van der Waals surface area contributed by atoms with Crippen molar-refractivity contribution in [1.82, 2.24) is 4.90 Å². The van der Waals surface area contributed by atoms with Gasteiger partial charge in [0.25, 0.3) is 5.91 Å². The minimum absolute atomic E-state index is 0.0827. The van der Waals surface area contributed by atoms with Crippen LogP contribution in [0.1, 0.15) is 15.9 Å². The van der Waals surface area contributed by atoms with E-state index in [1.54, 1.807) is 25.1 Å². The number of hydrogen-bond donors (Lipinski definition) is 0. The SMILES string of the molecule is C=CCN(CC=C)C(=O)c1ccc(C)cc1F. The van der Waals surface area contributed by atoms with E-state index >= 15 is 0 Å². The summed E-state index contributed by atoms with van der Waals surface area (Å²) in [5.74, 6) is -0.838. The smallest absolute Gasteiger partial charge is 0.257 e. The van der Waals surface area contributed by atoms with E-state index in [0.717, 1.165) is 5.56 Å². The Bertz CT molecular complexity index is 430. The summed E-state index contributed by atoms with van der Waals surface area (Å²) in [5, 5.41) is 0. The molecule has 0 aliphatic rings. The summed E-state index contributed by atoms with van der Waals surface area (Å²) in [6.07, 6.45) is 3.21.